The molecule has 1 fully saturated rings. The van der Waals surface area contributed by atoms with E-state index in [1.165, 1.54) is 29.3 Å². The highest BCUT2D eigenvalue weighted by Crippen LogP contribution is 2.54. The number of amides is 1. The van der Waals surface area contributed by atoms with Gasteiger partial charge in [-0.2, -0.15) is 4.98 Å². The van der Waals surface area contributed by atoms with Crippen LogP contribution in [0.3, 0.4) is 0 Å². The molecule has 1 aromatic carbocycles. The molecule has 20 heteroatoms. The number of phosphoric acid groups is 1. The van der Waals surface area contributed by atoms with Gasteiger partial charge >= 0.3 is 19.8 Å². The van der Waals surface area contributed by atoms with Gasteiger partial charge < -0.3 is 23.7 Å². The molecule has 0 saturated carbocycles. The van der Waals surface area contributed by atoms with Crippen LogP contribution in [0.4, 0.5) is 5.95 Å². The molecule has 0 radical (unpaired) electrons. The summed E-state index contributed by atoms with van der Waals surface area (Å²) in [6.07, 6.45) is -2.17. The lowest BCUT2D eigenvalue weighted by Gasteiger charge is -2.36. The number of nitrogens with one attached hydrogen (secondary N) is 2. The molecular formula is C35H34N7O12P. The number of cyclic esters (lactones) is 1. The first-order valence-electron chi connectivity index (χ1n) is 17.3. The van der Waals surface area contributed by atoms with Crippen molar-refractivity contribution in [2.24, 2.45) is 5.92 Å². The fourth-order valence-corrected chi connectivity index (χ4v) is 8.50. The van der Waals surface area contributed by atoms with Crippen molar-refractivity contribution in [1.82, 2.24) is 29.1 Å². The summed E-state index contributed by atoms with van der Waals surface area (Å²) < 4.78 is 45.0. The normalized spacial score (nSPS) is 23.8. The van der Waals surface area contributed by atoms with E-state index < -0.39 is 73.3 Å². The monoisotopic (exact) mass is 775 g/mol. The number of hydrogen-bond donors (Lipinski definition) is 3. The molecule has 0 bridgehead atoms. The SMILES string of the molecule is CC[C@@]1(OP(=O)(O)OC[C@H]2O[C@@H](n3cnc4c(=O)[nH]c(NC(C)=O)nc43)[C@H](OC(C)=O)[C@@H]2C)C(=O)OCc2c1cc1n(c2=O)Cc2cc3ccccc3nc2-1. The minimum absolute atomic E-state index is 0.00708. The van der Waals surface area contributed by atoms with E-state index in [1.807, 2.05) is 30.3 Å². The number of ether oxygens (including phenoxy) is 3. The van der Waals surface area contributed by atoms with Gasteiger partial charge in [0, 0.05) is 36.3 Å². The first kappa shape index (κ1) is 36.4. The molecule has 1 amide bonds. The number of pyridine rings is 2. The Kier molecular flexibility index (Phi) is 8.81. The standard InChI is InChI=1S/C35H34N7O12P/c1-5-35(22-11-24-26-20(10-19-8-6-7-9-23(19)38-26)12-41(24)31(46)21(22)13-50-33(35)47)54-55(48,49)51-14-25-16(2)28(52-18(4)44)32(53-25)42-15-36-27-29(42)39-34(37-17(3)43)40-30(27)45/h6-11,15-16,25,28,32H,5,12-14H2,1-4H3,(H,48,49)(H2,37,39,40,43,45)/t16-,25-,28-,32-,35+/m1/s1. The summed E-state index contributed by atoms with van der Waals surface area (Å²) in [4.78, 5) is 90.8. The van der Waals surface area contributed by atoms with Gasteiger partial charge in [0.1, 0.15) is 6.61 Å². The molecule has 3 aliphatic heterocycles. The van der Waals surface area contributed by atoms with Crippen LogP contribution in [0.25, 0.3) is 33.5 Å². The number of nitrogens with zero attached hydrogens (tertiary/aromatic N) is 5. The third-order valence-corrected chi connectivity index (χ3v) is 11.1. The van der Waals surface area contributed by atoms with Crippen molar-refractivity contribution in [3.05, 3.63) is 80.1 Å². The van der Waals surface area contributed by atoms with Gasteiger partial charge in [-0.1, -0.05) is 32.0 Å². The Hall–Kier alpha value is -5.59. The van der Waals surface area contributed by atoms with Crippen LogP contribution in [-0.4, -0.2) is 70.6 Å². The highest BCUT2D eigenvalue weighted by Gasteiger charge is 2.53. The highest BCUT2D eigenvalue weighted by molar-refractivity contribution is 7.47. The molecule has 5 aromatic rings. The molecule has 3 N–H and O–H groups in total. The van der Waals surface area contributed by atoms with Crippen LogP contribution in [-0.2, 0) is 61.0 Å². The van der Waals surface area contributed by atoms with Gasteiger partial charge in [0.05, 0.1) is 48.1 Å². The minimum Gasteiger partial charge on any atom is -0.458 e. The lowest BCUT2D eigenvalue weighted by molar-refractivity contribution is -0.171. The Balaban J connectivity index is 1.08. The predicted octanol–water partition coefficient (Wildman–Crippen LogP) is 2.78. The average molecular weight is 776 g/mol. The van der Waals surface area contributed by atoms with Crippen molar-refractivity contribution < 1.29 is 47.1 Å². The number of hydrogen-bond acceptors (Lipinski definition) is 14. The summed E-state index contributed by atoms with van der Waals surface area (Å²) in [5.74, 6) is -2.98. The molecule has 1 saturated heterocycles. The molecule has 7 heterocycles. The maximum Gasteiger partial charge on any atom is 0.473 e. The number of H-pyrrole nitrogens is 1. The van der Waals surface area contributed by atoms with Gasteiger partial charge in [-0.15, -0.1) is 0 Å². The second-order valence-electron chi connectivity index (χ2n) is 13.5. The summed E-state index contributed by atoms with van der Waals surface area (Å²) in [6, 6.07) is 11.0. The van der Waals surface area contributed by atoms with Gasteiger partial charge in [-0.05, 0) is 24.6 Å². The zero-order chi connectivity index (χ0) is 39.0. The van der Waals surface area contributed by atoms with Crippen LogP contribution in [0.1, 0.15) is 57.0 Å². The van der Waals surface area contributed by atoms with E-state index in [4.69, 9.17) is 28.2 Å². The van der Waals surface area contributed by atoms with Gasteiger partial charge in [0.15, 0.2) is 23.5 Å². The topological polar surface area (TPSA) is 245 Å². The third-order valence-electron chi connectivity index (χ3n) is 10.1. The highest BCUT2D eigenvalue weighted by atomic mass is 31.2. The van der Waals surface area contributed by atoms with Crippen LogP contribution in [0.2, 0.25) is 0 Å². The second kappa shape index (κ2) is 13.3. The van der Waals surface area contributed by atoms with Crippen molar-refractivity contribution in [3.8, 4) is 11.4 Å². The van der Waals surface area contributed by atoms with Gasteiger partial charge in [0.2, 0.25) is 17.5 Å². The van der Waals surface area contributed by atoms with Gasteiger partial charge in [0.25, 0.3) is 11.1 Å². The van der Waals surface area contributed by atoms with E-state index in [1.54, 1.807) is 19.9 Å². The lowest BCUT2D eigenvalue weighted by Crippen LogP contribution is -2.46. The summed E-state index contributed by atoms with van der Waals surface area (Å²) in [5.41, 5.74) is -0.832. The van der Waals surface area contributed by atoms with E-state index in [9.17, 15) is 33.4 Å². The van der Waals surface area contributed by atoms with Crippen LogP contribution >= 0.6 is 7.82 Å². The van der Waals surface area contributed by atoms with E-state index >= 15 is 0 Å². The molecule has 8 rings (SSSR count). The molecule has 286 valence electrons. The van der Waals surface area contributed by atoms with Crippen molar-refractivity contribution in [3.63, 3.8) is 0 Å². The van der Waals surface area contributed by atoms with Crippen molar-refractivity contribution in [1.29, 1.82) is 0 Å². The van der Waals surface area contributed by atoms with Crippen LogP contribution < -0.4 is 16.4 Å². The summed E-state index contributed by atoms with van der Waals surface area (Å²) >= 11 is 0. The quantitative estimate of drug-likeness (QED) is 0.141. The average Bonchev–Trinajstić information content (AvgIpc) is 3.81. The summed E-state index contributed by atoms with van der Waals surface area (Å²) in [6.45, 7) is 4.88. The number of rotatable bonds is 9. The first-order chi connectivity index (χ1) is 26.2. The Morgan fingerprint density at radius 2 is 1.95 bits per heavy atom. The van der Waals surface area contributed by atoms with Gasteiger partial charge in [-0.25, -0.2) is 19.3 Å². The Morgan fingerprint density at radius 1 is 1.16 bits per heavy atom. The zero-order valence-electron chi connectivity index (χ0n) is 29.8. The van der Waals surface area contributed by atoms with Crippen molar-refractivity contribution in [2.45, 2.75) is 71.3 Å². The molecule has 6 atom stereocenters. The zero-order valence-corrected chi connectivity index (χ0v) is 30.7. The van der Waals surface area contributed by atoms with E-state index in [0.717, 1.165) is 10.9 Å². The van der Waals surface area contributed by atoms with Crippen molar-refractivity contribution >= 4 is 53.7 Å². The number of anilines is 1. The Labute approximate surface area is 310 Å². The number of aromatic nitrogens is 6. The van der Waals surface area contributed by atoms with E-state index in [-0.39, 0.29) is 47.8 Å². The lowest BCUT2D eigenvalue weighted by atomic mass is 9.86. The number of imidazole rings is 1. The maximum absolute atomic E-state index is 13.9. The number of carbonyl (C=O) groups excluding carboxylic acids is 3. The second-order valence-corrected chi connectivity index (χ2v) is 14.9. The van der Waals surface area contributed by atoms with E-state index in [0.29, 0.717) is 16.9 Å². The van der Waals surface area contributed by atoms with Crippen LogP contribution in [0.5, 0.6) is 0 Å². The number of para-hydroxylation sites is 1. The molecule has 4 aromatic heterocycles. The molecule has 3 aliphatic rings. The number of fused-ring (bicyclic) bond motifs is 6. The number of carbonyl (C=O) groups is 3. The number of esters is 2. The first-order valence-corrected chi connectivity index (χ1v) is 18.8. The molecular weight excluding hydrogens is 741 g/mol. The summed E-state index contributed by atoms with van der Waals surface area (Å²) in [5, 5.41) is 3.29. The smallest absolute Gasteiger partial charge is 0.458 e. The third kappa shape index (κ3) is 6.13. The Morgan fingerprint density at radius 3 is 2.69 bits per heavy atom. The fraction of sp³-hybridized carbons (Fsp3) is 0.371. The summed E-state index contributed by atoms with van der Waals surface area (Å²) in [7, 11) is -5.17. The molecule has 1 unspecified atom stereocenters. The largest absolute Gasteiger partial charge is 0.473 e. The van der Waals surface area contributed by atoms with Crippen molar-refractivity contribution in [2.75, 3.05) is 11.9 Å². The molecule has 19 nitrogen and oxygen atoms in total. The number of aromatic amines is 1. The Bertz CT molecular complexity index is 2620. The maximum atomic E-state index is 13.9. The minimum atomic E-state index is -5.17. The van der Waals surface area contributed by atoms with Gasteiger partial charge in [-0.3, -0.25) is 43.1 Å². The number of benzene rings is 1. The molecule has 0 aliphatic carbocycles. The molecule has 55 heavy (non-hydrogen) atoms. The van der Waals surface area contributed by atoms with E-state index in [2.05, 4.69) is 20.3 Å². The number of phosphoric ester groups is 1. The van der Waals surface area contributed by atoms with Crippen LogP contribution in [0, 0.1) is 5.92 Å². The fourth-order valence-electron chi connectivity index (χ4n) is 7.42. The molecule has 0 spiro atoms. The van der Waals surface area contributed by atoms with Crippen LogP contribution in [0.15, 0.2) is 52.3 Å². The predicted molar refractivity (Wildman–Crippen MR) is 190 cm³/mol.